The third-order valence-electron chi connectivity index (χ3n) is 2.16. The summed E-state index contributed by atoms with van der Waals surface area (Å²) in [5, 5.41) is 0.310. The van der Waals surface area contributed by atoms with E-state index in [-0.39, 0.29) is 0 Å². The Labute approximate surface area is 108 Å². The second-order valence-electron chi connectivity index (χ2n) is 4.38. The van der Waals surface area contributed by atoms with Crippen LogP contribution < -0.4 is 10.6 Å². The average Bonchev–Trinajstić information content (AvgIpc) is 2.72. The van der Waals surface area contributed by atoms with Gasteiger partial charge in [-0.15, -0.1) is 0 Å². The van der Waals surface area contributed by atoms with Crippen molar-refractivity contribution in [3.8, 4) is 0 Å². The van der Waals surface area contributed by atoms with Crippen molar-refractivity contribution in [2.45, 2.75) is 26.4 Å². The van der Waals surface area contributed by atoms with Crippen LogP contribution in [0.25, 0.3) is 0 Å². The topological polar surface area (TPSA) is 55.0 Å². The van der Waals surface area contributed by atoms with Crippen LogP contribution >= 0.6 is 11.5 Å². The second kappa shape index (κ2) is 6.33. The van der Waals surface area contributed by atoms with E-state index in [0.29, 0.717) is 37.1 Å². The lowest BCUT2D eigenvalue weighted by atomic mass is 10.2. The summed E-state index contributed by atoms with van der Waals surface area (Å²) in [5.41, 5.74) is 5.42. The summed E-state index contributed by atoms with van der Waals surface area (Å²) in [4.78, 5) is 5.37. The first-order chi connectivity index (χ1) is 8.34. The van der Waals surface area contributed by atoms with Crippen molar-refractivity contribution in [2.24, 2.45) is 11.7 Å². The van der Waals surface area contributed by atoms with Crippen LogP contribution in [-0.2, 0) is 6.18 Å². The minimum atomic E-state index is -4.48. The summed E-state index contributed by atoms with van der Waals surface area (Å²) in [6.07, 6.45) is -3.76. The van der Waals surface area contributed by atoms with Gasteiger partial charge < -0.3 is 10.6 Å². The van der Waals surface area contributed by atoms with E-state index in [0.717, 1.165) is 11.5 Å². The van der Waals surface area contributed by atoms with Crippen molar-refractivity contribution >= 4 is 16.7 Å². The number of hydrogen-bond acceptors (Lipinski definition) is 5. The van der Waals surface area contributed by atoms with Crippen molar-refractivity contribution in [3.63, 3.8) is 0 Å². The predicted octanol–water partition coefficient (Wildman–Crippen LogP) is 2.37. The molecule has 1 aromatic heterocycles. The van der Waals surface area contributed by atoms with Gasteiger partial charge in [-0.25, -0.2) is 0 Å². The number of nitrogens with zero attached hydrogens (tertiary/aromatic N) is 3. The molecule has 104 valence electrons. The van der Waals surface area contributed by atoms with Crippen molar-refractivity contribution in [1.82, 2.24) is 9.36 Å². The van der Waals surface area contributed by atoms with E-state index in [1.807, 2.05) is 18.7 Å². The number of anilines is 1. The van der Waals surface area contributed by atoms with Crippen LogP contribution in [0.3, 0.4) is 0 Å². The van der Waals surface area contributed by atoms with Crippen LogP contribution in [-0.4, -0.2) is 29.0 Å². The highest BCUT2D eigenvalue weighted by atomic mass is 32.1. The van der Waals surface area contributed by atoms with Crippen molar-refractivity contribution < 1.29 is 13.2 Å². The fourth-order valence-corrected chi connectivity index (χ4v) is 2.17. The Morgan fingerprint density at radius 1 is 1.39 bits per heavy atom. The molecule has 0 amide bonds. The van der Waals surface area contributed by atoms with Gasteiger partial charge in [0.15, 0.2) is 0 Å². The zero-order chi connectivity index (χ0) is 13.8. The molecule has 0 atom stereocenters. The number of nitrogens with two attached hydrogens (primary N) is 1. The smallest absolute Gasteiger partial charge is 0.347 e. The number of rotatable bonds is 6. The zero-order valence-electron chi connectivity index (χ0n) is 10.4. The van der Waals surface area contributed by atoms with Gasteiger partial charge in [0.05, 0.1) is 0 Å². The van der Waals surface area contributed by atoms with E-state index in [1.165, 1.54) is 0 Å². The molecule has 0 aliphatic heterocycles. The standard InChI is InChI=1S/C10H17F3N4S/c1-7(2)6-17(5-3-4-14)9-15-8(16-18-9)10(11,12)13/h7H,3-6,14H2,1-2H3. The molecule has 0 fully saturated rings. The number of aromatic nitrogens is 2. The van der Waals surface area contributed by atoms with Crippen molar-refractivity contribution in [3.05, 3.63) is 5.82 Å². The van der Waals surface area contributed by atoms with E-state index in [9.17, 15) is 13.2 Å². The highest BCUT2D eigenvalue weighted by Crippen LogP contribution is 2.30. The third kappa shape index (κ3) is 4.41. The second-order valence-corrected chi connectivity index (χ2v) is 5.11. The molecule has 1 heterocycles. The highest BCUT2D eigenvalue weighted by Gasteiger charge is 2.36. The molecule has 18 heavy (non-hydrogen) atoms. The molecule has 1 rings (SSSR count). The molecular formula is C10H17F3N4S. The van der Waals surface area contributed by atoms with Gasteiger partial charge in [-0.05, 0) is 18.9 Å². The van der Waals surface area contributed by atoms with E-state index in [2.05, 4.69) is 9.36 Å². The van der Waals surface area contributed by atoms with E-state index in [1.54, 1.807) is 0 Å². The number of hydrogen-bond donors (Lipinski definition) is 1. The van der Waals surface area contributed by atoms with Gasteiger partial charge in [-0.1, -0.05) is 13.8 Å². The van der Waals surface area contributed by atoms with E-state index < -0.39 is 12.0 Å². The molecule has 0 unspecified atom stereocenters. The Morgan fingerprint density at radius 3 is 2.50 bits per heavy atom. The van der Waals surface area contributed by atoms with E-state index in [4.69, 9.17) is 5.73 Å². The zero-order valence-corrected chi connectivity index (χ0v) is 11.2. The molecule has 0 saturated carbocycles. The summed E-state index contributed by atoms with van der Waals surface area (Å²) in [5.74, 6) is -0.731. The quantitative estimate of drug-likeness (QED) is 0.870. The van der Waals surface area contributed by atoms with Gasteiger partial charge in [0.2, 0.25) is 11.0 Å². The minimum absolute atomic E-state index is 0.310. The van der Waals surface area contributed by atoms with Gasteiger partial charge in [-0.2, -0.15) is 22.5 Å². The van der Waals surface area contributed by atoms with Crippen LogP contribution in [0.2, 0.25) is 0 Å². The maximum atomic E-state index is 12.4. The summed E-state index contributed by atoms with van der Waals surface area (Å²) in [6, 6.07) is 0. The van der Waals surface area contributed by atoms with Gasteiger partial charge in [0, 0.05) is 24.6 Å². The Kier molecular flexibility index (Phi) is 5.33. The normalized spacial score (nSPS) is 12.2. The molecule has 8 heteroatoms. The Hall–Kier alpha value is -0.890. The SMILES string of the molecule is CC(C)CN(CCCN)c1nc(C(F)(F)F)ns1. The van der Waals surface area contributed by atoms with Crippen LogP contribution in [0.15, 0.2) is 0 Å². The summed E-state index contributed by atoms with van der Waals surface area (Å²) < 4.78 is 40.6. The predicted molar refractivity (Wildman–Crippen MR) is 65.6 cm³/mol. The molecular weight excluding hydrogens is 265 g/mol. The summed E-state index contributed by atoms with van der Waals surface area (Å²) in [7, 11) is 0. The van der Waals surface area contributed by atoms with Crippen LogP contribution in [0.1, 0.15) is 26.1 Å². The third-order valence-corrected chi connectivity index (χ3v) is 2.93. The first-order valence-electron chi connectivity index (χ1n) is 5.70. The molecule has 0 bridgehead atoms. The van der Waals surface area contributed by atoms with Crippen LogP contribution in [0, 0.1) is 5.92 Å². The molecule has 0 aromatic carbocycles. The molecule has 0 aliphatic carbocycles. The van der Waals surface area contributed by atoms with E-state index >= 15 is 0 Å². The summed E-state index contributed by atoms with van der Waals surface area (Å²) in [6.45, 7) is 5.75. The molecule has 0 radical (unpaired) electrons. The van der Waals surface area contributed by atoms with Gasteiger partial charge in [-0.3, -0.25) is 0 Å². The van der Waals surface area contributed by atoms with Crippen molar-refractivity contribution in [2.75, 3.05) is 24.5 Å². The highest BCUT2D eigenvalue weighted by molar-refractivity contribution is 7.09. The Morgan fingerprint density at radius 2 is 2.06 bits per heavy atom. The lowest BCUT2D eigenvalue weighted by Crippen LogP contribution is -2.30. The largest absolute Gasteiger partial charge is 0.452 e. The Balaban J connectivity index is 2.81. The molecule has 0 saturated heterocycles. The first-order valence-corrected chi connectivity index (χ1v) is 6.48. The first kappa shape index (κ1) is 15.2. The Bertz CT molecular complexity index is 364. The fourth-order valence-electron chi connectivity index (χ4n) is 1.45. The molecule has 0 spiro atoms. The maximum Gasteiger partial charge on any atom is 0.452 e. The average molecular weight is 282 g/mol. The lowest BCUT2D eigenvalue weighted by Gasteiger charge is -2.23. The van der Waals surface area contributed by atoms with Crippen molar-refractivity contribution in [1.29, 1.82) is 0 Å². The molecule has 0 aliphatic rings. The van der Waals surface area contributed by atoms with Gasteiger partial charge in [0.25, 0.3) is 0 Å². The lowest BCUT2D eigenvalue weighted by molar-refractivity contribution is -0.144. The molecule has 4 nitrogen and oxygen atoms in total. The number of halogens is 3. The minimum Gasteiger partial charge on any atom is -0.347 e. The fraction of sp³-hybridized carbons (Fsp3) is 0.800. The van der Waals surface area contributed by atoms with Gasteiger partial charge in [0.1, 0.15) is 0 Å². The van der Waals surface area contributed by atoms with Crippen LogP contribution in [0.4, 0.5) is 18.3 Å². The molecule has 1 aromatic rings. The summed E-state index contributed by atoms with van der Waals surface area (Å²) >= 11 is 0.781. The molecule has 2 N–H and O–H groups in total. The maximum absolute atomic E-state index is 12.4. The monoisotopic (exact) mass is 282 g/mol. The number of alkyl halides is 3. The van der Waals surface area contributed by atoms with Crippen LogP contribution in [0.5, 0.6) is 0 Å². The van der Waals surface area contributed by atoms with Gasteiger partial charge >= 0.3 is 6.18 Å².